The minimum absolute atomic E-state index is 0.0965. The van der Waals surface area contributed by atoms with Gasteiger partial charge in [0.25, 0.3) is 5.91 Å². The summed E-state index contributed by atoms with van der Waals surface area (Å²) in [5.74, 6) is -2.27. The highest BCUT2D eigenvalue weighted by Crippen LogP contribution is 2.57. The van der Waals surface area contributed by atoms with E-state index in [1.54, 1.807) is 7.05 Å². The summed E-state index contributed by atoms with van der Waals surface area (Å²) in [5, 5.41) is 17.7. The first-order valence-electron chi connectivity index (χ1n) is 6.41. The molecule has 1 aromatic heterocycles. The van der Waals surface area contributed by atoms with Crippen LogP contribution in [0, 0.1) is 0 Å². The van der Waals surface area contributed by atoms with Gasteiger partial charge in [-0.15, -0.1) is 16.9 Å². The lowest BCUT2D eigenvalue weighted by Crippen LogP contribution is -2.70. The first kappa shape index (κ1) is 16.0. The van der Waals surface area contributed by atoms with Crippen LogP contribution < -0.4 is 0 Å². The van der Waals surface area contributed by atoms with Crippen molar-refractivity contribution in [3.05, 3.63) is 23.0 Å². The fraction of sp³-hybridized carbons (Fsp3) is 0.417. The van der Waals surface area contributed by atoms with Crippen molar-refractivity contribution in [1.82, 2.24) is 19.9 Å². The van der Waals surface area contributed by atoms with E-state index in [1.165, 1.54) is 35.0 Å². The summed E-state index contributed by atoms with van der Waals surface area (Å²) in [4.78, 5) is 36.4. The molecule has 3 rings (SSSR count). The number of hydrogen-bond donors (Lipinski definition) is 1. The maximum absolute atomic E-state index is 12.6. The number of aryl methyl sites for hydroxylation is 1. The van der Waals surface area contributed by atoms with Crippen molar-refractivity contribution < 1.29 is 24.2 Å². The Morgan fingerprint density at radius 2 is 2.26 bits per heavy atom. The van der Waals surface area contributed by atoms with Crippen LogP contribution in [0.2, 0.25) is 0 Å². The number of halogens is 1. The van der Waals surface area contributed by atoms with Gasteiger partial charge in [0.2, 0.25) is 0 Å². The summed E-state index contributed by atoms with van der Waals surface area (Å²) in [6.45, 7) is 1.23. The lowest BCUT2D eigenvalue weighted by molar-refractivity contribution is -0.162. The summed E-state index contributed by atoms with van der Waals surface area (Å²) in [6, 6.07) is 0. The normalized spacial score (nSPS) is 27.1. The third kappa shape index (κ3) is 2.26. The standard InChI is InChI=1S/C12H11BrN4O5S/c1-5(18)22-8(6-3-16(2)15-14-6)12(13)10(21)17-7(9(19)20)4-23-11(12)17/h3-4,8,11H,1-2H3,(H,19,20)/t8?,11-,12?/m0/s1. The van der Waals surface area contributed by atoms with Crippen molar-refractivity contribution in [3.63, 3.8) is 0 Å². The topological polar surface area (TPSA) is 115 Å². The molecule has 0 saturated carbocycles. The molecule has 1 saturated heterocycles. The van der Waals surface area contributed by atoms with Gasteiger partial charge in [-0.3, -0.25) is 19.2 Å². The first-order valence-corrected chi connectivity index (χ1v) is 8.15. The van der Waals surface area contributed by atoms with E-state index >= 15 is 0 Å². The van der Waals surface area contributed by atoms with E-state index in [9.17, 15) is 14.4 Å². The molecule has 1 amide bonds. The Bertz CT molecular complexity index is 750. The molecule has 0 aromatic carbocycles. The lowest BCUT2D eigenvalue weighted by atomic mass is 9.89. The molecule has 0 aliphatic carbocycles. The second kappa shape index (κ2) is 5.34. The highest BCUT2D eigenvalue weighted by molar-refractivity contribution is 9.10. The Morgan fingerprint density at radius 1 is 1.57 bits per heavy atom. The average Bonchev–Trinajstić information content (AvgIpc) is 3.08. The SMILES string of the molecule is CC(=O)OC(c1cn(C)nn1)C1(Br)C(=O)N2C(C(=O)O)=CS[C@H]21. The van der Waals surface area contributed by atoms with Gasteiger partial charge in [-0.1, -0.05) is 21.1 Å². The predicted octanol–water partition coefficient (Wildman–Crippen LogP) is 0.394. The number of ether oxygens (including phenoxy) is 1. The molecule has 0 spiro atoms. The molecule has 0 radical (unpaired) electrons. The van der Waals surface area contributed by atoms with Crippen LogP contribution >= 0.6 is 27.7 Å². The van der Waals surface area contributed by atoms with Crippen LogP contribution in [0.15, 0.2) is 17.3 Å². The minimum atomic E-state index is -1.30. The minimum Gasteiger partial charge on any atom is -0.477 e. The molecule has 3 atom stereocenters. The number of esters is 1. The number of carboxylic acids is 1. The number of carboxylic acid groups (broad SMARTS) is 1. The maximum atomic E-state index is 12.6. The molecule has 1 aromatic rings. The fourth-order valence-corrected chi connectivity index (χ4v) is 4.78. The second-order valence-electron chi connectivity index (χ2n) is 5.05. The van der Waals surface area contributed by atoms with Gasteiger partial charge in [0.05, 0.1) is 6.20 Å². The van der Waals surface area contributed by atoms with E-state index in [1.807, 2.05) is 0 Å². The molecular formula is C12H11BrN4O5S. The van der Waals surface area contributed by atoms with E-state index in [2.05, 4.69) is 26.2 Å². The highest BCUT2D eigenvalue weighted by Gasteiger charge is 2.69. The van der Waals surface area contributed by atoms with Gasteiger partial charge < -0.3 is 9.84 Å². The number of β-lactam (4-membered cyclic amide) rings is 1. The van der Waals surface area contributed by atoms with E-state index in [0.29, 0.717) is 5.69 Å². The molecule has 122 valence electrons. The van der Waals surface area contributed by atoms with E-state index in [-0.39, 0.29) is 5.70 Å². The Balaban J connectivity index is 1.96. The van der Waals surface area contributed by atoms with Crippen molar-refractivity contribution >= 4 is 45.5 Å². The number of aliphatic carboxylic acids is 1. The zero-order valence-corrected chi connectivity index (χ0v) is 14.4. The number of nitrogens with zero attached hydrogens (tertiary/aromatic N) is 4. The molecule has 1 N–H and O–H groups in total. The molecule has 0 bridgehead atoms. The maximum Gasteiger partial charge on any atom is 0.353 e. The van der Waals surface area contributed by atoms with Gasteiger partial charge in [-0.2, -0.15) is 0 Å². The number of amides is 1. The molecule has 3 heterocycles. The van der Waals surface area contributed by atoms with Crippen molar-refractivity contribution in [2.45, 2.75) is 22.7 Å². The second-order valence-corrected chi connectivity index (χ2v) is 7.31. The molecule has 2 unspecified atom stereocenters. The highest BCUT2D eigenvalue weighted by atomic mass is 79.9. The molecule has 23 heavy (non-hydrogen) atoms. The first-order chi connectivity index (χ1) is 10.8. The Labute approximate surface area is 142 Å². The number of thioether (sulfide) groups is 1. The van der Waals surface area contributed by atoms with Crippen molar-refractivity contribution in [2.75, 3.05) is 0 Å². The van der Waals surface area contributed by atoms with Gasteiger partial charge in [0.15, 0.2) is 10.4 Å². The molecule has 2 aliphatic rings. The van der Waals surface area contributed by atoms with Gasteiger partial charge in [-0.05, 0) is 0 Å². The van der Waals surface area contributed by atoms with Crippen molar-refractivity contribution in [1.29, 1.82) is 0 Å². The number of aromatic nitrogens is 3. The number of carbonyl (C=O) groups is 3. The molecule has 11 heteroatoms. The monoisotopic (exact) mass is 402 g/mol. The number of fused-ring (bicyclic) bond motifs is 1. The lowest BCUT2D eigenvalue weighted by Gasteiger charge is -2.51. The van der Waals surface area contributed by atoms with Gasteiger partial charge in [0, 0.05) is 19.4 Å². The van der Waals surface area contributed by atoms with Crippen LogP contribution in [0.1, 0.15) is 18.7 Å². The number of alkyl halides is 1. The predicted molar refractivity (Wildman–Crippen MR) is 81.1 cm³/mol. The van der Waals surface area contributed by atoms with Crippen molar-refractivity contribution in [2.24, 2.45) is 7.05 Å². The third-order valence-corrected chi connectivity index (χ3v) is 6.17. The Hall–Kier alpha value is -1.88. The van der Waals surface area contributed by atoms with Crippen molar-refractivity contribution in [3.8, 4) is 0 Å². The molecule has 2 aliphatic heterocycles. The van der Waals surface area contributed by atoms with Crippen LogP contribution in [0.4, 0.5) is 0 Å². The summed E-state index contributed by atoms with van der Waals surface area (Å²) in [5.41, 5.74) is 0.206. The van der Waals surface area contributed by atoms with Crippen LogP contribution in [0.3, 0.4) is 0 Å². The molecular weight excluding hydrogens is 392 g/mol. The number of carbonyl (C=O) groups excluding carboxylic acids is 2. The van der Waals surface area contributed by atoms with E-state index in [4.69, 9.17) is 9.84 Å². The smallest absolute Gasteiger partial charge is 0.353 e. The Kier molecular flexibility index (Phi) is 3.71. The number of hydrogen-bond acceptors (Lipinski definition) is 7. The molecule has 9 nitrogen and oxygen atoms in total. The number of rotatable bonds is 4. The van der Waals surface area contributed by atoms with Gasteiger partial charge in [-0.25, -0.2) is 4.79 Å². The largest absolute Gasteiger partial charge is 0.477 e. The summed E-state index contributed by atoms with van der Waals surface area (Å²) in [6.07, 6.45) is 0.522. The van der Waals surface area contributed by atoms with Crippen LogP contribution in [0.5, 0.6) is 0 Å². The van der Waals surface area contributed by atoms with Gasteiger partial charge in [0.1, 0.15) is 16.8 Å². The molecule has 1 fully saturated rings. The van der Waals surface area contributed by atoms with E-state index < -0.39 is 33.6 Å². The quantitative estimate of drug-likeness (QED) is 0.437. The third-order valence-electron chi connectivity index (χ3n) is 3.48. The zero-order valence-electron chi connectivity index (χ0n) is 12.0. The fourth-order valence-electron chi connectivity index (χ4n) is 2.51. The van der Waals surface area contributed by atoms with Crippen LogP contribution in [-0.4, -0.2) is 52.5 Å². The average molecular weight is 403 g/mol. The van der Waals surface area contributed by atoms with Crippen LogP contribution in [-0.2, 0) is 26.2 Å². The van der Waals surface area contributed by atoms with Gasteiger partial charge >= 0.3 is 11.9 Å². The summed E-state index contributed by atoms with van der Waals surface area (Å²) < 4.78 is 5.42. The van der Waals surface area contributed by atoms with Crippen LogP contribution in [0.25, 0.3) is 0 Å². The summed E-state index contributed by atoms with van der Waals surface area (Å²) >= 11 is 4.53. The summed E-state index contributed by atoms with van der Waals surface area (Å²) in [7, 11) is 1.64. The zero-order chi connectivity index (χ0) is 16.9. The Morgan fingerprint density at radius 3 is 2.78 bits per heavy atom. The van der Waals surface area contributed by atoms with E-state index in [0.717, 1.165) is 4.90 Å².